The molecule has 1 atom stereocenters. The molecule has 1 aromatic heterocycles. The average molecular weight is 442 g/mol. The van der Waals surface area contributed by atoms with Gasteiger partial charge in [0.2, 0.25) is 15.9 Å². The summed E-state index contributed by atoms with van der Waals surface area (Å²) in [6, 6.07) is 13.5. The van der Waals surface area contributed by atoms with Crippen molar-refractivity contribution in [2.24, 2.45) is 0 Å². The zero-order valence-corrected chi connectivity index (χ0v) is 18.5. The molecule has 0 radical (unpaired) electrons. The van der Waals surface area contributed by atoms with Crippen LogP contribution in [-0.2, 0) is 14.8 Å². The van der Waals surface area contributed by atoms with Crippen molar-refractivity contribution in [1.82, 2.24) is 9.29 Å². The van der Waals surface area contributed by atoms with Gasteiger partial charge in [-0.25, -0.2) is 13.4 Å². The molecule has 1 saturated heterocycles. The maximum absolute atomic E-state index is 13.1. The number of carbonyl (C=O) groups is 1. The molecule has 2 aromatic carbocycles. The van der Waals surface area contributed by atoms with Gasteiger partial charge in [-0.15, -0.1) is 11.3 Å². The highest BCUT2D eigenvalue weighted by molar-refractivity contribution is 7.89. The Morgan fingerprint density at radius 3 is 2.63 bits per heavy atom. The molecule has 1 N–H and O–H groups in total. The smallest absolute Gasteiger partial charge is 0.243 e. The Balaban J connectivity index is 1.54. The molecule has 0 aliphatic carbocycles. The van der Waals surface area contributed by atoms with Crippen LogP contribution in [0.15, 0.2) is 58.8 Å². The molecule has 0 saturated carbocycles. The van der Waals surface area contributed by atoms with Crippen molar-refractivity contribution in [3.05, 3.63) is 64.5 Å². The predicted octanol–water partition coefficient (Wildman–Crippen LogP) is 4.22. The lowest BCUT2D eigenvalue weighted by Crippen LogP contribution is -2.43. The van der Waals surface area contributed by atoms with E-state index in [4.69, 9.17) is 0 Å². The first-order valence-electron chi connectivity index (χ1n) is 9.76. The number of sulfonamides is 1. The van der Waals surface area contributed by atoms with E-state index in [1.165, 1.54) is 4.31 Å². The van der Waals surface area contributed by atoms with Crippen molar-refractivity contribution < 1.29 is 13.2 Å². The van der Waals surface area contributed by atoms with Crippen molar-refractivity contribution in [3.8, 4) is 11.3 Å². The molecule has 2 heterocycles. The van der Waals surface area contributed by atoms with E-state index in [-0.39, 0.29) is 10.8 Å². The molecule has 0 spiro atoms. The number of rotatable bonds is 5. The third-order valence-corrected chi connectivity index (χ3v) is 7.87. The zero-order valence-electron chi connectivity index (χ0n) is 16.8. The molecule has 4 rings (SSSR count). The van der Waals surface area contributed by atoms with Crippen LogP contribution in [0.4, 0.5) is 5.69 Å². The van der Waals surface area contributed by atoms with Crippen molar-refractivity contribution in [2.45, 2.75) is 37.6 Å². The van der Waals surface area contributed by atoms with E-state index in [1.54, 1.807) is 41.7 Å². The van der Waals surface area contributed by atoms with Crippen molar-refractivity contribution >= 4 is 33.0 Å². The van der Waals surface area contributed by atoms with Gasteiger partial charge in [-0.1, -0.05) is 29.8 Å². The molecular weight excluding hydrogens is 418 g/mol. The Kier molecular flexibility index (Phi) is 5.73. The summed E-state index contributed by atoms with van der Waals surface area (Å²) in [6.07, 6.45) is 1.16. The third-order valence-electron chi connectivity index (χ3n) is 5.18. The summed E-state index contributed by atoms with van der Waals surface area (Å²) in [5.74, 6) is -0.310. The SMILES string of the molecule is Cc1ccc(S(=O)(=O)N2CCC[C@H]2C(=O)Nc2cccc(-c3csc(C)n3)c2)cc1. The lowest BCUT2D eigenvalue weighted by Gasteiger charge is -2.23. The molecule has 1 aliphatic rings. The first-order valence-corrected chi connectivity index (χ1v) is 12.1. The highest BCUT2D eigenvalue weighted by atomic mass is 32.2. The molecule has 1 amide bonds. The number of aryl methyl sites for hydroxylation is 2. The molecule has 1 fully saturated rings. The molecule has 8 heteroatoms. The highest BCUT2D eigenvalue weighted by Gasteiger charge is 2.39. The van der Waals surface area contributed by atoms with E-state index >= 15 is 0 Å². The number of carbonyl (C=O) groups excluding carboxylic acids is 1. The Bertz CT molecular complexity index is 1170. The second-order valence-electron chi connectivity index (χ2n) is 7.41. The first kappa shape index (κ1) is 20.7. The summed E-state index contributed by atoms with van der Waals surface area (Å²) in [4.78, 5) is 17.7. The number of nitrogens with zero attached hydrogens (tertiary/aromatic N) is 2. The topological polar surface area (TPSA) is 79.4 Å². The van der Waals surface area contributed by atoms with E-state index in [9.17, 15) is 13.2 Å². The lowest BCUT2D eigenvalue weighted by atomic mass is 10.1. The minimum atomic E-state index is -3.73. The lowest BCUT2D eigenvalue weighted by molar-refractivity contribution is -0.119. The van der Waals surface area contributed by atoms with Gasteiger partial charge < -0.3 is 5.32 Å². The van der Waals surface area contributed by atoms with Gasteiger partial charge in [-0.05, 0) is 51.0 Å². The van der Waals surface area contributed by atoms with Gasteiger partial charge in [-0.2, -0.15) is 4.31 Å². The number of nitrogens with one attached hydrogen (secondary N) is 1. The molecule has 0 bridgehead atoms. The molecule has 3 aromatic rings. The molecule has 30 heavy (non-hydrogen) atoms. The van der Waals surface area contributed by atoms with Crippen LogP contribution in [0.1, 0.15) is 23.4 Å². The fourth-order valence-electron chi connectivity index (χ4n) is 3.61. The maximum Gasteiger partial charge on any atom is 0.243 e. The predicted molar refractivity (Wildman–Crippen MR) is 119 cm³/mol. The van der Waals surface area contributed by atoms with Crippen LogP contribution >= 0.6 is 11.3 Å². The number of thiazole rings is 1. The van der Waals surface area contributed by atoms with Crippen LogP contribution in [0.25, 0.3) is 11.3 Å². The van der Waals surface area contributed by atoms with Gasteiger partial charge in [0.25, 0.3) is 0 Å². The Labute approximate surface area is 180 Å². The zero-order chi connectivity index (χ0) is 21.3. The number of amides is 1. The van der Waals surface area contributed by atoms with Crippen LogP contribution in [0.3, 0.4) is 0 Å². The summed E-state index contributed by atoms with van der Waals surface area (Å²) in [5, 5.41) is 5.84. The summed E-state index contributed by atoms with van der Waals surface area (Å²) < 4.78 is 27.5. The van der Waals surface area contributed by atoms with E-state index in [0.717, 1.165) is 21.8 Å². The van der Waals surface area contributed by atoms with Gasteiger partial charge >= 0.3 is 0 Å². The maximum atomic E-state index is 13.1. The molecule has 6 nitrogen and oxygen atoms in total. The molecular formula is C22H23N3O3S2. The Morgan fingerprint density at radius 2 is 1.93 bits per heavy atom. The third kappa shape index (κ3) is 4.16. The fourth-order valence-corrected chi connectivity index (χ4v) is 5.89. The average Bonchev–Trinajstić information content (AvgIpc) is 3.38. The van der Waals surface area contributed by atoms with Crippen LogP contribution in [0.5, 0.6) is 0 Å². The Hall–Kier alpha value is -2.55. The normalized spacial score (nSPS) is 17.2. The van der Waals surface area contributed by atoms with Crippen LogP contribution < -0.4 is 5.32 Å². The number of anilines is 1. The largest absolute Gasteiger partial charge is 0.325 e. The van der Waals surface area contributed by atoms with Gasteiger partial charge in [0.15, 0.2) is 0 Å². The van der Waals surface area contributed by atoms with Crippen LogP contribution in [-0.4, -0.2) is 36.2 Å². The van der Waals surface area contributed by atoms with Crippen molar-refractivity contribution in [1.29, 1.82) is 0 Å². The second kappa shape index (κ2) is 8.29. The number of hydrogen-bond acceptors (Lipinski definition) is 5. The first-order chi connectivity index (χ1) is 14.3. The summed E-state index contributed by atoms with van der Waals surface area (Å²) in [5.41, 5.74) is 3.38. The number of benzene rings is 2. The van der Waals surface area contributed by atoms with Crippen LogP contribution in [0, 0.1) is 13.8 Å². The molecule has 1 aliphatic heterocycles. The second-order valence-corrected chi connectivity index (χ2v) is 10.4. The monoisotopic (exact) mass is 441 g/mol. The van der Waals surface area contributed by atoms with E-state index in [2.05, 4.69) is 10.3 Å². The van der Waals surface area contributed by atoms with Gasteiger partial charge in [-0.3, -0.25) is 4.79 Å². The Morgan fingerprint density at radius 1 is 1.17 bits per heavy atom. The number of aromatic nitrogens is 1. The summed E-state index contributed by atoms with van der Waals surface area (Å²) in [7, 11) is -3.73. The van der Waals surface area contributed by atoms with E-state index in [1.807, 2.05) is 37.4 Å². The fraction of sp³-hybridized carbons (Fsp3) is 0.273. The van der Waals surface area contributed by atoms with E-state index in [0.29, 0.717) is 25.1 Å². The summed E-state index contributed by atoms with van der Waals surface area (Å²) in [6.45, 7) is 4.19. The summed E-state index contributed by atoms with van der Waals surface area (Å²) >= 11 is 1.57. The standard InChI is InChI=1S/C22H23N3O3S2/c1-15-8-10-19(11-9-15)30(27,28)25-12-4-7-21(25)22(26)24-18-6-3-5-17(13-18)20-14-29-16(2)23-20/h3,5-6,8-11,13-14,21H,4,7,12H2,1-2H3,(H,24,26)/t21-/m0/s1. The van der Waals surface area contributed by atoms with Gasteiger partial charge in [0, 0.05) is 23.2 Å². The van der Waals surface area contributed by atoms with Crippen molar-refractivity contribution in [2.75, 3.05) is 11.9 Å². The minimum absolute atomic E-state index is 0.216. The minimum Gasteiger partial charge on any atom is -0.325 e. The number of hydrogen-bond donors (Lipinski definition) is 1. The quantitative estimate of drug-likeness (QED) is 0.643. The van der Waals surface area contributed by atoms with Gasteiger partial charge in [0.05, 0.1) is 15.6 Å². The van der Waals surface area contributed by atoms with E-state index < -0.39 is 16.1 Å². The highest BCUT2D eigenvalue weighted by Crippen LogP contribution is 2.28. The van der Waals surface area contributed by atoms with Crippen molar-refractivity contribution in [3.63, 3.8) is 0 Å². The molecule has 156 valence electrons. The van der Waals surface area contributed by atoms with Gasteiger partial charge in [0.1, 0.15) is 6.04 Å². The van der Waals surface area contributed by atoms with Crippen LogP contribution in [0.2, 0.25) is 0 Å². The molecule has 0 unspecified atom stereocenters.